The van der Waals surface area contributed by atoms with E-state index >= 15 is 0 Å². The number of rotatable bonds is 7. The molecule has 0 radical (unpaired) electrons. The normalized spacial score (nSPS) is 10.2. The highest BCUT2D eigenvalue weighted by Crippen LogP contribution is 2.10. The predicted octanol–water partition coefficient (Wildman–Crippen LogP) is 2.66. The Bertz CT molecular complexity index is 463. The van der Waals surface area contributed by atoms with Gasteiger partial charge in [0.1, 0.15) is 10.8 Å². The molecular weight excluding hydrogens is 263 g/mol. The molecule has 3 nitrogen and oxygen atoms in total. The van der Waals surface area contributed by atoms with Crippen molar-refractivity contribution in [2.75, 3.05) is 0 Å². The van der Waals surface area contributed by atoms with E-state index in [2.05, 4.69) is 12.2 Å². The first-order valence-corrected chi connectivity index (χ1v) is 6.80. The molecule has 1 amide bonds. The van der Waals surface area contributed by atoms with Crippen molar-refractivity contribution >= 4 is 23.1 Å². The van der Waals surface area contributed by atoms with E-state index in [1.165, 1.54) is 6.07 Å². The fourth-order valence-corrected chi connectivity index (χ4v) is 1.79. The highest BCUT2D eigenvalue weighted by atomic mass is 32.1. The minimum atomic E-state index is -0.404. The molecule has 0 heterocycles. The van der Waals surface area contributed by atoms with E-state index in [-0.39, 0.29) is 17.4 Å². The summed E-state index contributed by atoms with van der Waals surface area (Å²) in [5.41, 5.74) is 6.34. The van der Waals surface area contributed by atoms with Crippen molar-refractivity contribution in [3.05, 3.63) is 35.1 Å². The van der Waals surface area contributed by atoms with Gasteiger partial charge in [-0.05, 0) is 12.5 Å². The van der Waals surface area contributed by atoms with Crippen molar-refractivity contribution < 1.29 is 9.18 Å². The lowest BCUT2D eigenvalue weighted by molar-refractivity contribution is -0.121. The van der Waals surface area contributed by atoms with E-state index in [1.807, 2.05) is 0 Å². The van der Waals surface area contributed by atoms with Gasteiger partial charge >= 0.3 is 0 Å². The summed E-state index contributed by atoms with van der Waals surface area (Å²) in [6.45, 7) is 2.27. The Labute approximate surface area is 118 Å². The second-order valence-electron chi connectivity index (χ2n) is 4.40. The Morgan fingerprint density at radius 3 is 2.74 bits per heavy atom. The molecule has 1 aromatic rings. The average Bonchev–Trinajstić information content (AvgIpc) is 2.37. The smallest absolute Gasteiger partial charge is 0.220 e. The summed E-state index contributed by atoms with van der Waals surface area (Å²) in [5.74, 6) is -0.453. The van der Waals surface area contributed by atoms with Crippen LogP contribution in [0.1, 0.15) is 43.7 Å². The van der Waals surface area contributed by atoms with Crippen LogP contribution in [0.4, 0.5) is 4.39 Å². The number of amides is 1. The molecular formula is C14H19FN2OS. The second kappa shape index (κ2) is 7.84. The Morgan fingerprint density at radius 2 is 2.16 bits per heavy atom. The number of nitrogens with one attached hydrogen (secondary N) is 1. The first-order chi connectivity index (χ1) is 9.04. The zero-order chi connectivity index (χ0) is 14.3. The van der Waals surface area contributed by atoms with E-state index in [0.717, 1.165) is 19.3 Å². The van der Waals surface area contributed by atoms with Crippen LogP contribution in [-0.2, 0) is 11.3 Å². The van der Waals surface area contributed by atoms with Gasteiger partial charge in [0.2, 0.25) is 5.91 Å². The van der Waals surface area contributed by atoms with Gasteiger partial charge in [0.05, 0.1) is 0 Å². The molecule has 3 N–H and O–H groups in total. The monoisotopic (exact) mass is 282 g/mol. The number of hydrogen-bond acceptors (Lipinski definition) is 2. The maximum atomic E-state index is 13.7. The molecule has 19 heavy (non-hydrogen) atoms. The lowest BCUT2D eigenvalue weighted by Crippen LogP contribution is -2.23. The Morgan fingerprint density at radius 1 is 1.42 bits per heavy atom. The summed E-state index contributed by atoms with van der Waals surface area (Å²) in [5, 5.41) is 2.70. The van der Waals surface area contributed by atoms with Gasteiger partial charge < -0.3 is 11.1 Å². The number of carbonyl (C=O) groups is 1. The number of unbranched alkanes of at least 4 members (excludes halogenated alkanes) is 2. The SMILES string of the molecule is CCCCCC(=O)NCc1ccc(C(N)=S)cc1F. The summed E-state index contributed by atoms with van der Waals surface area (Å²) in [6.07, 6.45) is 3.46. The molecule has 0 unspecified atom stereocenters. The molecule has 0 aliphatic heterocycles. The van der Waals surface area contributed by atoms with Gasteiger partial charge in [0, 0.05) is 24.1 Å². The molecule has 0 spiro atoms. The number of benzene rings is 1. The summed E-state index contributed by atoms with van der Waals surface area (Å²) < 4.78 is 13.7. The highest BCUT2D eigenvalue weighted by Gasteiger charge is 2.07. The Hall–Kier alpha value is -1.49. The van der Waals surface area contributed by atoms with E-state index in [1.54, 1.807) is 12.1 Å². The molecule has 0 aliphatic carbocycles. The molecule has 1 rings (SSSR count). The van der Waals surface area contributed by atoms with E-state index in [4.69, 9.17) is 18.0 Å². The van der Waals surface area contributed by atoms with Crippen LogP contribution in [0.25, 0.3) is 0 Å². The molecule has 5 heteroatoms. The fourth-order valence-electron chi connectivity index (χ4n) is 1.66. The summed E-state index contributed by atoms with van der Waals surface area (Å²) in [6, 6.07) is 4.54. The van der Waals surface area contributed by atoms with Crippen LogP contribution in [0, 0.1) is 5.82 Å². The van der Waals surface area contributed by atoms with Gasteiger partial charge in [-0.15, -0.1) is 0 Å². The van der Waals surface area contributed by atoms with Crippen LogP contribution in [0.3, 0.4) is 0 Å². The molecule has 0 fully saturated rings. The number of nitrogens with two attached hydrogens (primary N) is 1. The maximum Gasteiger partial charge on any atom is 0.220 e. The number of carbonyl (C=O) groups excluding carboxylic acids is 1. The van der Waals surface area contributed by atoms with Gasteiger partial charge in [-0.3, -0.25) is 4.79 Å². The van der Waals surface area contributed by atoms with Gasteiger partial charge in [0.25, 0.3) is 0 Å². The van der Waals surface area contributed by atoms with Crippen LogP contribution in [0.2, 0.25) is 0 Å². The van der Waals surface area contributed by atoms with Crippen molar-refractivity contribution in [1.82, 2.24) is 5.32 Å². The van der Waals surface area contributed by atoms with Crippen LogP contribution in [0.5, 0.6) is 0 Å². The number of hydrogen-bond donors (Lipinski definition) is 2. The zero-order valence-electron chi connectivity index (χ0n) is 11.0. The standard InChI is InChI=1S/C14H19FN2OS/c1-2-3-4-5-13(18)17-9-11-7-6-10(14(16)19)8-12(11)15/h6-8H,2-5,9H2,1H3,(H2,16,19)(H,17,18). The fraction of sp³-hybridized carbons (Fsp3) is 0.429. The van der Waals surface area contributed by atoms with Crippen LogP contribution in [0.15, 0.2) is 18.2 Å². The third kappa shape index (κ3) is 5.34. The second-order valence-corrected chi connectivity index (χ2v) is 4.84. The molecule has 0 saturated heterocycles. The van der Waals surface area contributed by atoms with E-state index < -0.39 is 5.82 Å². The van der Waals surface area contributed by atoms with E-state index in [9.17, 15) is 9.18 Å². The summed E-state index contributed by atoms with van der Waals surface area (Å²) >= 11 is 4.77. The van der Waals surface area contributed by atoms with Gasteiger partial charge in [-0.2, -0.15) is 0 Å². The number of halogens is 1. The Balaban J connectivity index is 2.49. The molecule has 0 saturated carbocycles. The van der Waals surface area contributed by atoms with Crippen molar-refractivity contribution in [1.29, 1.82) is 0 Å². The minimum Gasteiger partial charge on any atom is -0.389 e. The van der Waals surface area contributed by atoms with E-state index in [0.29, 0.717) is 17.5 Å². The third-order valence-electron chi connectivity index (χ3n) is 2.82. The average molecular weight is 282 g/mol. The maximum absolute atomic E-state index is 13.7. The summed E-state index contributed by atoms with van der Waals surface area (Å²) in [7, 11) is 0. The first-order valence-electron chi connectivity index (χ1n) is 6.39. The topological polar surface area (TPSA) is 55.1 Å². The first kappa shape index (κ1) is 15.6. The minimum absolute atomic E-state index is 0.0497. The van der Waals surface area contributed by atoms with Crippen molar-refractivity contribution in [3.63, 3.8) is 0 Å². The van der Waals surface area contributed by atoms with Crippen molar-refractivity contribution in [2.24, 2.45) is 5.73 Å². The van der Waals surface area contributed by atoms with Crippen molar-refractivity contribution in [3.8, 4) is 0 Å². The van der Waals surface area contributed by atoms with Crippen LogP contribution >= 0.6 is 12.2 Å². The molecule has 0 aromatic heterocycles. The Kier molecular flexibility index (Phi) is 6.42. The van der Waals surface area contributed by atoms with Crippen molar-refractivity contribution in [2.45, 2.75) is 39.2 Å². The lowest BCUT2D eigenvalue weighted by Gasteiger charge is -2.07. The molecule has 104 valence electrons. The molecule has 0 bridgehead atoms. The zero-order valence-corrected chi connectivity index (χ0v) is 11.9. The third-order valence-corrected chi connectivity index (χ3v) is 3.06. The molecule has 0 aliphatic rings. The van der Waals surface area contributed by atoms with Gasteiger partial charge in [0.15, 0.2) is 0 Å². The largest absolute Gasteiger partial charge is 0.389 e. The van der Waals surface area contributed by atoms with Gasteiger partial charge in [-0.1, -0.05) is 44.1 Å². The molecule has 1 aromatic carbocycles. The lowest BCUT2D eigenvalue weighted by atomic mass is 10.1. The highest BCUT2D eigenvalue weighted by molar-refractivity contribution is 7.80. The van der Waals surface area contributed by atoms with Crippen LogP contribution < -0.4 is 11.1 Å². The quantitative estimate of drug-likeness (QED) is 0.597. The summed E-state index contributed by atoms with van der Waals surface area (Å²) in [4.78, 5) is 11.7. The van der Waals surface area contributed by atoms with Crippen LogP contribution in [-0.4, -0.2) is 10.9 Å². The predicted molar refractivity (Wildman–Crippen MR) is 78.3 cm³/mol. The molecule has 0 atom stereocenters. The van der Waals surface area contributed by atoms with Gasteiger partial charge in [-0.25, -0.2) is 4.39 Å². The number of thiocarbonyl (C=S) groups is 1.